The number of nitrogens with one attached hydrogen (secondary N) is 1. The number of benzene rings is 1. The smallest absolute Gasteiger partial charge is 0.347 e. The van der Waals surface area contributed by atoms with E-state index in [9.17, 15) is 9.59 Å². The molecule has 2 aromatic heterocycles. The van der Waals surface area contributed by atoms with Crippen LogP contribution in [0.15, 0.2) is 45.5 Å². The highest BCUT2D eigenvalue weighted by atomic mass is 79.9. The largest absolute Gasteiger partial charge is 0.423 e. The molecule has 0 saturated carbocycles. The highest BCUT2D eigenvalue weighted by Crippen LogP contribution is 2.30. The van der Waals surface area contributed by atoms with Gasteiger partial charge in [-0.1, -0.05) is 0 Å². The van der Waals surface area contributed by atoms with E-state index in [0.29, 0.717) is 15.9 Å². The topological polar surface area (TPSA) is 85.6 Å². The average molecular weight is 487 g/mol. The maximum absolute atomic E-state index is 12.4. The maximum atomic E-state index is 12.4. The summed E-state index contributed by atoms with van der Waals surface area (Å²) in [4.78, 5) is 26.0. The second kappa shape index (κ2) is 8.93. The Labute approximate surface area is 185 Å². The van der Waals surface area contributed by atoms with Crippen molar-refractivity contribution in [2.24, 2.45) is 12.1 Å². The summed E-state index contributed by atoms with van der Waals surface area (Å²) in [5.74, 6) is -0.275. The molecule has 0 saturated heterocycles. The summed E-state index contributed by atoms with van der Waals surface area (Å²) in [5, 5.41) is 10.0. The van der Waals surface area contributed by atoms with E-state index in [0.717, 1.165) is 30.4 Å². The molecule has 0 bridgehead atoms. The lowest BCUT2D eigenvalue weighted by atomic mass is 9.96. The van der Waals surface area contributed by atoms with Gasteiger partial charge in [0.05, 0.1) is 11.8 Å². The lowest BCUT2D eigenvalue weighted by Crippen LogP contribution is -2.19. The van der Waals surface area contributed by atoms with E-state index < -0.39 is 5.97 Å². The van der Waals surface area contributed by atoms with Crippen LogP contribution >= 0.6 is 27.3 Å². The number of thiophene rings is 1. The molecule has 3 aromatic rings. The molecule has 30 heavy (non-hydrogen) atoms. The number of ether oxygens (including phenoxy) is 1. The molecule has 7 nitrogen and oxygen atoms in total. The standard InChI is InChI=1S/C21H19BrN4O3S/c1-26-11-16(19(22)25-26)21(28)29-14-8-6-13(7-9-14)10-23-24-20(27)17-12-30-18-5-3-2-4-15(17)18/h6-12H,2-5H2,1H3,(H,24,27)/b23-10-. The number of hydrogen-bond acceptors (Lipinski definition) is 6. The number of carbonyl (C=O) groups excluding carboxylic acids is 2. The van der Waals surface area contributed by atoms with E-state index in [2.05, 4.69) is 31.6 Å². The zero-order valence-electron chi connectivity index (χ0n) is 16.2. The monoisotopic (exact) mass is 486 g/mol. The molecule has 4 rings (SSSR count). The van der Waals surface area contributed by atoms with Gasteiger partial charge in [-0.2, -0.15) is 10.2 Å². The second-order valence-electron chi connectivity index (χ2n) is 6.92. The van der Waals surface area contributed by atoms with E-state index in [4.69, 9.17) is 4.74 Å². The van der Waals surface area contributed by atoms with Crippen LogP contribution in [0.5, 0.6) is 5.75 Å². The van der Waals surface area contributed by atoms with Crippen molar-refractivity contribution in [1.29, 1.82) is 0 Å². The van der Waals surface area contributed by atoms with Crippen molar-refractivity contribution in [2.75, 3.05) is 0 Å². The molecule has 1 aromatic carbocycles. The van der Waals surface area contributed by atoms with Gasteiger partial charge < -0.3 is 4.74 Å². The predicted molar refractivity (Wildman–Crippen MR) is 118 cm³/mol. The highest BCUT2D eigenvalue weighted by Gasteiger charge is 2.20. The summed E-state index contributed by atoms with van der Waals surface area (Å²) in [7, 11) is 1.72. The van der Waals surface area contributed by atoms with Crippen molar-refractivity contribution < 1.29 is 14.3 Å². The van der Waals surface area contributed by atoms with Crippen LogP contribution < -0.4 is 10.2 Å². The molecule has 2 heterocycles. The molecule has 0 radical (unpaired) electrons. The van der Waals surface area contributed by atoms with E-state index in [1.54, 1.807) is 55.1 Å². The van der Waals surface area contributed by atoms with Gasteiger partial charge in [-0.3, -0.25) is 9.48 Å². The van der Waals surface area contributed by atoms with Crippen molar-refractivity contribution in [2.45, 2.75) is 25.7 Å². The summed E-state index contributed by atoms with van der Waals surface area (Å²) in [5.41, 5.74) is 5.62. The number of nitrogens with zero attached hydrogens (tertiary/aromatic N) is 3. The third-order valence-corrected chi connectivity index (χ3v) is 6.45. The minimum absolute atomic E-state index is 0.182. The first-order valence-electron chi connectivity index (χ1n) is 9.45. The van der Waals surface area contributed by atoms with Gasteiger partial charge in [0.1, 0.15) is 15.9 Å². The molecule has 1 N–H and O–H groups in total. The van der Waals surface area contributed by atoms with Gasteiger partial charge in [0.15, 0.2) is 0 Å². The number of aryl methyl sites for hydroxylation is 2. The summed E-state index contributed by atoms with van der Waals surface area (Å²) < 4.78 is 7.32. The van der Waals surface area contributed by atoms with Gasteiger partial charge in [0.2, 0.25) is 0 Å². The molecule has 0 aliphatic heterocycles. The summed E-state index contributed by atoms with van der Waals surface area (Å²) in [6.45, 7) is 0. The van der Waals surface area contributed by atoms with E-state index in [1.165, 1.54) is 21.5 Å². The second-order valence-corrected chi connectivity index (χ2v) is 8.64. The molecule has 1 amide bonds. The van der Waals surface area contributed by atoms with E-state index in [-0.39, 0.29) is 5.91 Å². The van der Waals surface area contributed by atoms with Gasteiger partial charge in [0.25, 0.3) is 5.91 Å². The molecule has 0 atom stereocenters. The first kappa shape index (κ1) is 20.5. The van der Waals surface area contributed by atoms with Crippen LogP contribution in [-0.2, 0) is 19.9 Å². The summed E-state index contributed by atoms with van der Waals surface area (Å²) in [6.07, 6.45) is 7.48. The van der Waals surface area contributed by atoms with Crippen LogP contribution in [0.2, 0.25) is 0 Å². The third kappa shape index (κ3) is 4.52. The Bertz CT molecular complexity index is 1120. The van der Waals surface area contributed by atoms with Crippen LogP contribution in [0.3, 0.4) is 0 Å². The Hall–Kier alpha value is -2.78. The minimum Gasteiger partial charge on any atom is -0.423 e. The fourth-order valence-corrected chi connectivity index (χ4v) is 4.93. The zero-order chi connectivity index (χ0) is 21.1. The number of esters is 1. The predicted octanol–water partition coefficient (Wildman–Crippen LogP) is 4.11. The number of rotatable bonds is 5. The van der Waals surface area contributed by atoms with E-state index in [1.807, 2.05) is 5.38 Å². The maximum Gasteiger partial charge on any atom is 0.347 e. The lowest BCUT2D eigenvalue weighted by molar-refractivity contribution is 0.0733. The fourth-order valence-electron chi connectivity index (χ4n) is 3.29. The zero-order valence-corrected chi connectivity index (χ0v) is 18.6. The van der Waals surface area contributed by atoms with Crippen molar-refractivity contribution >= 4 is 45.4 Å². The Balaban J connectivity index is 1.35. The number of hydrazone groups is 1. The molecule has 0 spiro atoms. The number of halogens is 1. The molecule has 9 heteroatoms. The van der Waals surface area contributed by atoms with Crippen molar-refractivity contribution in [3.8, 4) is 5.75 Å². The van der Waals surface area contributed by atoms with Crippen molar-refractivity contribution in [3.05, 3.63) is 67.6 Å². The number of hydrogen-bond donors (Lipinski definition) is 1. The van der Waals surface area contributed by atoms with Crippen molar-refractivity contribution in [1.82, 2.24) is 15.2 Å². The Morgan fingerprint density at radius 1 is 1.23 bits per heavy atom. The van der Waals surface area contributed by atoms with Gasteiger partial charge in [-0.25, -0.2) is 10.2 Å². The molecule has 1 aliphatic rings. The Morgan fingerprint density at radius 3 is 2.73 bits per heavy atom. The molecule has 1 aliphatic carbocycles. The molecular weight excluding hydrogens is 468 g/mol. The van der Waals surface area contributed by atoms with Gasteiger partial charge >= 0.3 is 5.97 Å². The Morgan fingerprint density at radius 2 is 2.00 bits per heavy atom. The number of aromatic nitrogens is 2. The number of fused-ring (bicyclic) bond motifs is 1. The average Bonchev–Trinajstić information content (AvgIpc) is 3.32. The van der Waals surface area contributed by atoms with Crippen LogP contribution in [0.25, 0.3) is 0 Å². The molecular formula is C21H19BrN4O3S. The SMILES string of the molecule is Cn1cc(C(=O)Oc2ccc(/C=N\NC(=O)c3csc4c3CCCC4)cc2)c(Br)n1. The van der Waals surface area contributed by atoms with Crippen LogP contribution in [0.1, 0.15) is 49.6 Å². The van der Waals surface area contributed by atoms with Crippen LogP contribution in [0.4, 0.5) is 0 Å². The fraction of sp³-hybridized carbons (Fsp3) is 0.238. The summed E-state index contributed by atoms with van der Waals surface area (Å²) >= 11 is 4.89. The van der Waals surface area contributed by atoms with Crippen LogP contribution in [0, 0.1) is 0 Å². The normalized spacial score (nSPS) is 13.3. The molecule has 0 fully saturated rings. The van der Waals surface area contributed by atoms with Crippen LogP contribution in [-0.4, -0.2) is 27.9 Å². The molecule has 154 valence electrons. The third-order valence-electron chi connectivity index (χ3n) is 4.78. The van der Waals surface area contributed by atoms with Gasteiger partial charge in [-0.05, 0) is 77.0 Å². The highest BCUT2D eigenvalue weighted by molar-refractivity contribution is 9.10. The van der Waals surface area contributed by atoms with Crippen molar-refractivity contribution in [3.63, 3.8) is 0 Å². The Kier molecular flexibility index (Phi) is 6.10. The first-order valence-corrected chi connectivity index (χ1v) is 11.1. The first-order chi connectivity index (χ1) is 14.5. The van der Waals surface area contributed by atoms with E-state index >= 15 is 0 Å². The molecule has 0 unspecified atom stereocenters. The quantitative estimate of drug-likeness (QED) is 0.254. The number of carbonyl (C=O) groups is 2. The number of amides is 1. The summed E-state index contributed by atoms with van der Waals surface area (Å²) in [6, 6.07) is 6.84. The minimum atomic E-state index is -0.497. The van der Waals surface area contributed by atoms with Gasteiger partial charge in [-0.15, -0.1) is 11.3 Å². The van der Waals surface area contributed by atoms with Gasteiger partial charge in [0, 0.05) is 23.5 Å². The lowest BCUT2D eigenvalue weighted by Gasteiger charge is -2.11.